The molecule has 106 valence electrons. The van der Waals surface area contributed by atoms with Gasteiger partial charge in [-0.25, -0.2) is 9.97 Å². The molecule has 2 rings (SSSR count). The van der Waals surface area contributed by atoms with Crippen LogP contribution in [0.25, 0.3) is 0 Å². The molecule has 2 aromatic rings. The molecule has 0 unspecified atom stereocenters. The van der Waals surface area contributed by atoms with Crippen molar-refractivity contribution < 1.29 is 4.74 Å². The normalized spacial score (nSPS) is 10.6. The highest BCUT2D eigenvalue weighted by atomic mass is 16.5. The predicted octanol–water partition coefficient (Wildman–Crippen LogP) is 3.61. The summed E-state index contributed by atoms with van der Waals surface area (Å²) >= 11 is 0. The molecular formula is C16H21N3O. The Balaban J connectivity index is 2.20. The third kappa shape index (κ3) is 3.47. The van der Waals surface area contributed by atoms with Gasteiger partial charge in [0.05, 0.1) is 5.56 Å². The van der Waals surface area contributed by atoms with Crippen LogP contribution in [0.3, 0.4) is 0 Å². The number of benzene rings is 1. The fourth-order valence-electron chi connectivity index (χ4n) is 2.05. The minimum Gasteiger partial charge on any atom is -0.472 e. The zero-order chi connectivity index (χ0) is 14.4. The van der Waals surface area contributed by atoms with Crippen LogP contribution in [0.2, 0.25) is 0 Å². The van der Waals surface area contributed by atoms with Gasteiger partial charge < -0.3 is 10.1 Å². The molecule has 20 heavy (non-hydrogen) atoms. The van der Waals surface area contributed by atoms with E-state index in [4.69, 9.17) is 4.74 Å². The summed E-state index contributed by atoms with van der Waals surface area (Å²) in [5.41, 5.74) is 2.16. The Hall–Kier alpha value is -2.10. The first-order chi connectivity index (χ1) is 9.72. The van der Waals surface area contributed by atoms with Crippen molar-refractivity contribution in [2.75, 3.05) is 11.9 Å². The van der Waals surface area contributed by atoms with Crippen LogP contribution in [0.1, 0.15) is 37.8 Å². The van der Waals surface area contributed by atoms with Crippen molar-refractivity contribution in [2.45, 2.75) is 33.3 Å². The van der Waals surface area contributed by atoms with Crippen molar-refractivity contribution in [1.82, 2.24) is 9.97 Å². The number of ether oxygens (including phenoxy) is 1. The van der Waals surface area contributed by atoms with Crippen LogP contribution < -0.4 is 10.1 Å². The van der Waals surface area contributed by atoms with Crippen LogP contribution in [0, 0.1) is 0 Å². The maximum Gasteiger partial charge on any atom is 0.222 e. The van der Waals surface area contributed by atoms with Gasteiger partial charge in [0.25, 0.3) is 0 Å². The summed E-state index contributed by atoms with van der Waals surface area (Å²) in [4.78, 5) is 8.59. The van der Waals surface area contributed by atoms with Gasteiger partial charge in [-0.2, -0.15) is 0 Å². The van der Waals surface area contributed by atoms with E-state index < -0.39 is 0 Å². The first kappa shape index (κ1) is 14.3. The zero-order valence-electron chi connectivity index (χ0n) is 12.3. The molecule has 0 amide bonds. The van der Waals surface area contributed by atoms with Gasteiger partial charge in [0.15, 0.2) is 0 Å². The summed E-state index contributed by atoms with van der Waals surface area (Å²) < 4.78 is 5.88. The van der Waals surface area contributed by atoms with E-state index in [9.17, 15) is 0 Å². The molecule has 0 saturated carbocycles. The molecule has 0 aliphatic heterocycles. The van der Waals surface area contributed by atoms with Crippen LogP contribution in [0.5, 0.6) is 5.88 Å². The largest absolute Gasteiger partial charge is 0.472 e. The van der Waals surface area contributed by atoms with Gasteiger partial charge in [-0.3, -0.25) is 0 Å². The van der Waals surface area contributed by atoms with E-state index in [2.05, 4.69) is 36.1 Å². The van der Waals surface area contributed by atoms with E-state index in [0.29, 0.717) is 18.4 Å². The van der Waals surface area contributed by atoms with Crippen LogP contribution in [-0.2, 0) is 6.61 Å². The number of nitrogens with zero attached hydrogens (tertiary/aromatic N) is 2. The Morgan fingerprint density at radius 1 is 1.15 bits per heavy atom. The molecule has 4 heteroatoms. The van der Waals surface area contributed by atoms with Crippen LogP contribution in [-0.4, -0.2) is 16.5 Å². The highest BCUT2D eigenvalue weighted by molar-refractivity contribution is 5.50. The van der Waals surface area contributed by atoms with Gasteiger partial charge >= 0.3 is 0 Å². The predicted molar refractivity (Wildman–Crippen MR) is 81.1 cm³/mol. The van der Waals surface area contributed by atoms with Gasteiger partial charge in [0.2, 0.25) is 5.88 Å². The molecule has 1 aromatic carbocycles. The maximum atomic E-state index is 5.88. The first-order valence-electron chi connectivity index (χ1n) is 6.97. The van der Waals surface area contributed by atoms with E-state index >= 15 is 0 Å². The lowest BCUT2D eigenvalue weighted by molar-refractivity contribution is 0.289. The number of hydrogen-bond acceptors (Lipinski definition) is 4. The molecule has 0 aliphatic carbocycles. The second-order valence-electron chi connectivity index (χ2n) is 4.90. The summed E-state index contributed by atoms with van der Waals surface area (Å²) in [7, 11) is 0. The lowest BCUT2D eigenvalue weighted by Crippen LogP contribution is -2.09. The average molecular weight is 271 g/mol. The first-order valence-corrected chi connectivity index (χ1v) is 6.97. The van der Waals surface area contributed by atoms with Crippen molar-refractivity contribution in [2.24, 2.45) is 0 Å². The summed E-state index contributed by atoms with van der Waals surface area (Å²) in [5, 5.41) is 3.26. The monoisotopic (exact) mass is 271 g/mol. The Morgan fingerprint density at radius 3 is 2.55 bits per heavy atom. The summed E-state index contributed by atoms with van der Waals surface area (Å²) in [6.07, 6.45) is 1.55. The van der Waals surface area contributed by atoms with Crippen LogP contribution in [0.4, 0.5) is 5.82 Å². The third-order valence-electron chi connectivity index (χ3n) is 2.99. The highest BCUT2D eigenvalue weighted by Crippen LogP contribution is 2.30. The summed E-state index contributed by atoms with van der Waals surface area (Å²) in [6, 6.07) is 10.1. The van der Waals surface area contributed by atoms with Crippen molar-refractivity contribution in [3.8, 4) is 5.88 Å². The maximum absolute atomic E-state index is 5.88. The molecule has 4 nitrogen and oxygen atoms in total. The molecule has 0 saturated heterocycles. The van der Waals surface area contributed by atoms with E-state index in [-0.39, 0.29) is 0 Å². The molecule has 0 radical (unpaired) electrons. The highest BCUT2D eigenvalue weighted by Gasteiger charge is 2.15. The minimum atomic E-state index is 0.302. The minimum absolute atomic E-state index is 0.302. The quantitative estimate of drug-likeness (QED) is 0.872. The van der Waals surface area contributed by atoms with E-state index in [1.807, 2.05) is 30.3 Å². The second kappa shape index (κ2) is 6.89. The summed E-state index contributed by atoms with van der Waals surface area (Å²) in [6.45, 7) is 7.64. The number of nitrogens with one attached hydrogen (secondary N) is 1. The SMILES string of the molecule is CCNc1ncnc(OCc2ccccc2)c1C(C)C. The van der Waals surface area contributed by atoms with Crippen LogP contribution in [0.15, 0.2) is 36.7 Å². The lowest BCUT2D eigenvalue weighted by atomic mass is 10.1. The standard InChI is InChI=1S/C16H21N3O/c1-4-17-15-14(12(2)3)16(19-11-18-15)20-10-13-8-6-5-7-9-13/h5-9,11-12H,4,10H2,1-3H3,(H,17,18,19). The van der Waals surface area contributed by atoms with Gasteiger partial charge in [-0.05, 0) is 18.4 Å². The Bertz CT molecular complexity index is 541. The summed E-state index contributed by atoms with van der Waals surface area (Å²) in [5.74, 6) is 1.83. The van der Waals surface area contributed by atoms with Gasteiger partial charge in [-0.1, -0.05) is 44.2 Å². The van der Waals surface area contributed by atoms with Crippen molar-refractivity contribution >= 4 is 5.82 Å². The second-order valence-corrected chi connectivity index (χ2v) is 4.90. The number of rotatable bonds is 6. The van der Waals surface area contributed by atoms with E-state index in [1.165, 1.54) is 0 Å². The van der Waals surface area contributed by atoms with Crippen LogP contribution >= 0.6 is 0 Å². The molecule has 0 atom stereocenters. The molecule has 1 N–H and O–H groups in total. The molecule has 0 spiro atoms. The number of hydrogen-bond donors (Lipinski definition) is 1. The van der Waals surface area contributed by atoms with Gasteiger partial charge in [0, 0.05) is 6.54 Å². The van der Waals surface area contributed by atoms with E-state index in [1.54, 1.807) is 6.33 Å². The molecule has 0 aliphatic rings. The fraction of sp³-hybridized carbons (Fsp3) is 0.375. The number of aromatic nitrogens is 2. The average Bonchev–Trinajstić information content (AvgIpc) is 2.46. The van der Waals surface area contributed by atoms with Crippen molar-refractivity contribution in [1.29, 1.82) is 0 Å². The van der Waals surface area contributed by atoms with Crippen molar-refractivity contribution in [3.63, 3.8) is 0 Å². The molecular weight excluding hydrogens is 250 g/mol. The Morgan fingerprint density at radius 2 is 1.90 bits per heavy atom. The van der Waals surface area contributed by atoms with Gasteiger partial charge in [-0.15, -0.1) is 0 Å². The fourth-order valence-corrected chi connectivity index (χ4v) is 2.05. The van der Waals surface area contributed by atoms with E-state index in [0.717, 1.165) is 23.5 Å². The topological polar surface area (TPSA) is 47.0 Å². The van der Waals surface area contributed by atoms with Crippen molar-refractivity contribution in [3.05, 3.63) is 47.8 Å². The molecule has 0 bridgehead atoms. The molecule has 1 heterocycles. The molecule has 0 fully saturated rings. The van der Waals surface area contributed by atoms with Gasteiger partial charge in [0.1, 0.15) is 18.8 Å². The Labute approximate surface area is 120 Å². The molecule has 1 aromatic heterocycles. The number of anilines is 1. The Kier molecular flexibility index (Phi) is 4.93. The zero-order valence-corrected chi connectivity index (χ0v) is 12.3. The third-order valence-corrected chi connectivity index (χ3v) is 2.99. The smallest absolute Gasteiger partial charge is 0.222 e. The lowest BCUT2D eigenvalue weighted by Gasteiger charge is -2.16.